The van der Waals surface area contributed by atoms with Crippen LogP contribution in [0.2, 0.25) is 0 Å². The zero-order chi connectivity index (χ0) is 16.0. The van der Waals surface area contributed by atoms with Gasteiger partial charge >= 0.3 is 12.0 Å². The molecule has 0 aliphatic heterocycles. The highest BCUT2D eigenvalue weighted by Crippen LogP contribution is 2.17. The van der Waals surface area contributed by atoms with Crippen molar-refractivity contribution in [1.82, 2.24) is 10.2 Å². The summed E-state index contributed by atoms with van der Waals surface area (Å²) >= 11 is 0. The van der Waals surface area contributed by atoms with Crippen molar-refractivity contribution >= 4 is 23.6 Å². The fourth-order valence-corrected chi connectivity index (χ4v) is 1.66. The summed E-state index contributed by atoms with van der Waals surface area (Å²) in [6.45, 7) is 3.81. The summed E-state index contributed by atoms with van der Waals surface area (Å²) in [5.41, 5.74) is 1.24. The van der Waals surface area contributed by atoms with Crippen LogP contribution in [0.5, 0.6) is 0 Å². The minimum Gasteiger partial charge on any atom is -0.478 e. The van der Waals surface area contributed by atoms with E-state index in [1.165, 1.54) is 24.1 Å². The largest absolute Gasteiger partial charge is 0.478 e. The van der Waals surface area contributed by atoms with E-state index in [1.54, 1.807) is 19.9 Å². The average molecular weight is 293 g/mol. The number of nitrogens with zero attached hydrogens (tertiary/aromatic N) is 1. The summed E-state index contributed by atoms with van der Waals surface area (Å²) in [4.78, 5) is 35.7. The molecule has 7 heteroatoms. The predicted octanol–water partition coefficient (Wildman–Crippen LogP) is 1.29. The number of hydrogen-bond acceptors (Lipinski definition) is 3. The number of urea groups is 1. The molecule has 1 rings (SSSR count). The lowest BCUT2D eigenvalue weighted by Crippen LogP contribution is -2.41. The summed E-state index contributed by atoms with van der Waals surface area (Å²) in [6, 6.07) is 4.03. The third-order valence-electron chi connectivity index (χ3n) is 3.01. The number of carbonyl (C=O) groups is 3. The molecule has 0 atom stereocenters. The van der Waals surface area contributed by atoms with Crippen LogP contribution in [0.4, 0.5) is 10.5 Å². The molecule has 0 saturated carbocycles. The Morgan fingerprint density at radius 3 is 2.48 bits per heavy atom. The molecule has 0 heterocycles. The van der Waals surface area contributed by atoms with Gasteiger partial charge in [0.2, 0.25) is 5.91 Å². The number of benzene rings is 1. The van der Waals surface area contributed by atoms with Crippen LogP contribution in [0, 0.1) is 6.92 Å². The first-order valence-electron chi connectivity index (χ1n) is 6.49. The van der Waals surface area contributed by atoms with Crippen molar-refractivity contribution in [2.24, 2.45) is 0 Å². The number of aromatic carboxylic acids is 1. The topological polar surface area (TPSA) is 98.7 Å². The molecule has 3 N–H and O–H groups in total. The lowest BCUT2D eigenvalue weighted by Gasteiger charge is -2.21. The Labute approximate surface area is 122 Å². The molecule has 0 aliphatic carbocycles. The second-order valence-electron chi connectivity index (χ2n) is 4.45. The van der Waals surface area contributed by atoms with E-state index in [2.05, 4.69) is 10.6 Å². The quantitative estimate of drug-likeness (QED) is 0.762. The second-order valence-corrected chi connectivity index (χ2v) is 4.45. The van der Waals surface area contributed by atoms with E-state index in [-0.39, 0.29) is 18.0 Å². The molecular formula is C14H19N3O4. The monoisotopic (exact) mass is 293 g/mol. The molecule has 7 nitrogen and oxygen atoms in total. The molecule has 0 saturated heterocycles. The number of carboxylic acids is 1. The Bertz CT molecular complexity index is 557. The highest BCUT2D eigenvalue weighted by atomic mass is 16.4. The zero-order valence-corrected chi connectivity index (χ0v) is 12.3. The third kappa shape index (κ3) is 4.48. The van der Waals surface area contributed by atoms with Crippen LogP contribution < -0.4 is 10.6 Å². The van der Waals surface area contributed by atoms with Crippen LogP contribution in [0.3, 0.4) is 0 Å². The van der Waals surface area contributed by atoms with Gasteiger partial charge in [-0.15, -0.1) is 0 Å². The van der Waals surface area contributed by atoms with Crippen LogP contribution in [0.1, 0.15) is 22.8 Å². The molecular weight excluding hydrogens is 274 g/mol. The molecule has 0 aliphatic rings. The van der Waals surface area contributed by atoms with Gasteiger partial charge in [0.05, 0.1) is 5.56 Å². The highest BCUT2D eigenvalue weighted by molar-refractivity contribution is 5.95. The molecule has 0 fully saturated rings. The second kappa shape index (κ2) is 7.28. The molecule has 0 radical (unpaired) electrons. The zero-order valence-electron chi connectivity index (χ0n) is 12.3. The normalized spacial score (nSPS) is 9.86. The number of anilines is 1. The SMILES string of the molecule is CCN(CC(=O)NC)C(=O)Nc1cc(C(=O)O)ccc1C. The van der Waals surface area contributed by atoms with Gasteiger partial charge in [0.1, 0.15) is 6.54 Å². The van der Waals surface area contributed by atoms with Crippen LogP contribution >= 0.6 is 0 Å². The standard InChI is InChI=1S/C14H19N3O4/c1-4-17(8-12(18)15-3)14(21)16-11-7-10(13(19)20)6-5-9(11)2/h5-7H,4,8H2,1-3H3,(H,15,18)(H,16,21)(H,19,20). The van der Waals surface area contributed by atoms with Crippen molar-refractivity contribution in [2.45, 2.75) is 13.8 Å². The van der Waals surface area contributed by atoms with Crippen LogP contribution in [-0.4, -0.2) is 48.1 Å². The first-order valence-corrected chi connectivity index (χ1v) is 6.49. The lowest BCUT2D eigenvalue weighted by atomic mass is 10.1. The number of hydrogen-bond donors (Lipinski definition) is 3. The van der Waals surface area contributed by atoms with Gasteiger partial charge in [-0.3, -0.25) is 4.79 Å². The van der Waals surface area contributed by atoms with Gasteiger partial charge in [-0.25, -0.2) is 9.59 Å². The van der Waals surface area contributed by atoms with Crippen molar-refractivity contribution < 1.29 is 19.5 Å². The number of likely N-dealkylation sites (N-methyl/N-ethyl adjacent to an activating group) is 2. The Hall–Kier alpha value is -2.57. The Balaban J connectivity index is 2.88. The van der Waals surface area contributed by atoms with Crippen molar-refractivity contribution in [3.63, 3.8) is 0 Å². The smallest absolute Gasteiger partial charge is 0.335 e. The fourth-order valence-electron chi connectivity index (χ4n) is 1.66. The van der Waals surface area contributed by atoms with E-state index in [0.717, 1.165) is 5.56 Å². The van der Waals surface area contributed by atoms with Gasteiger partial charge in [-0.05, 0) is 31.5 Å². The fraction of sp³-hybridized carbons (Fsp3) is 0.357. The summed E-state index contributed by atoms with van der Waals surface area (Å²) in [6.07, 6.45) is 0. The molecule has 1 aromatic carbocycles. The van der Waals surface area contributed by atoms with E-state index in [4.69, 9.17) is 5.11 Å². The van der Waals surface area contributed by atoms with Gasteiger partial charge in [0.25, 0.3) is 0 Å². The molecule has 21 heavy (non-hydrogen) atoms. The summed E-state index contributed by atoms with van der Waals surface area (Å²) in [5.74, 6) is -1.34. The number of aryl methyl sites for hydroxylation is 1. The Morgan fingerprint density at radius 2 is 1.95 bits per heavy atom. The minimum atomic E-state index is -1.07. The molecule has 0 spiro atoms. The summed E-state index contributed by atoms with van der Waals surface area (Å²) in [5, 5.41) is 14.0. The maximum atomic E-state index is 12.1. The van der Waals surface area contributed by atoms with Crippen LogP contribution in [0.15, 0.2) is 18.2 Å². The van der Waals surface area contributed by atoms with E-state index >= 15 is 0 Å². The van der Waals surface area contributed by atoms with E-state index in [0.29, 0.717) is 12.2 Å². The lowest BCUT2D eigenvalue weighted by molar-refractivity contribution is -0.121. The first-order chi connectivity index (χ1) is 9.88. The number of amides is 3. The number of carbonyl (C=O) groups excluding carboxylic acids is 2. The maximum Gasteiger partial charge on any atom is 0.335 e. The van der Waals surface area contributed by atoms with E-state index < -0.39 is 12.0 Å². The Kier molecular flexibility index (Phi) is 5.71. The van der Waals surface area contributed by atoms with Gasteiger partial charge < -0.3 is 20.6 Å². The van der Waals surface area contributed by atoms with Crippen LogP contribution in [0.25, 0.3) is 0 Å². The maximum absolute atomic E-state index is 12.1. The van der Waals surface area contributed by atoms with Gasteiger partial charge in [0, 0.05) is 19.3 Å². The van der Waals surface area contributed by atoms with Gasteiger partial charge in [-0.2, -0.15) is 0 Å². The van der Waals surface area contributed by atoms with Crippen LogP contribution in [-0.2, 0) is 4.79 Å². The summed E-state index contributed by atoms with van der Waals surface area (Å²) in [7, 11) is 1.49. The van der Waals surface area contributed by atoms with E-state index in [1.807, 2.05) is 0 Å². The summed E-state index contributed by atoms with van der Waals surface area (Å²) < 4.78 is 0. The van der Waals surface area contributed by atoms with Crippen molar-refractivity contribution in [1.29, 1.82) is 0 Å². The van der Waals surface area contributed by atoms with Gasteiger partial charge in [0.15, 0.2) is 0 Å². The average Bonchev–Trinajstić information content (AvgIpc) is 2.46. The first kappa shape index (κ1) is 16.5. The van der Waals surface area contributed by atoms with Crippen molar-refractivity contribution in [3.05, 3.63) is 29.3 Å². The van der Waals surface area contributed by atoms with Gasteiger partial charge in [-0.1, -0.05) is 6.07 Å². The molecule has 3 amide bonds. The molecule has 0 aromatic heterocycles. The molecule has 0 bridgehead atoms. The number of carboxylic acid groups (broad SMARTS) is 1. The minimum absolute atomic E-state index is 0.0590. The highest BCUT2D eigenvalue weighted by Gasteiger charge is 2.16. The molecule has 114 valence electrons. The van der Waals surface area contributed by atoms with Crippen molar-refractivity contribution in [3.8, 4) is 0 Å². The molecule has 0 unspecified atom stereocenters. The van der Waals surface area contributed by atoms with E-state index in [9.17, 15) is 14.4 Å². The molecule has 1 aromatic rings. The Morgan fingerprint density at radius 1 is 1.29 bits per heavy atom. The number of nitrogens with one attached hydrogen (secondary N) is 2. The third-order valence-corrected chi connectivity index (χ3v) is 3.01. The number of rotatable bonds is 5. The van der Waals surface area contributed by atoms with Crippen molar-refractivity contribution in [2.75, 3.05) is 25.5 Å². The predicted molar refractivity (Wildman–Crippen MR) is 78.5 cm³/mol.